The van der Waals surface area contributed by atoms with E-state index in [1.165, 1.54) is 0 Å². The Kier molecular flexibility index (Phi) is 4.30. The lowest BCUT2D eigenvalue weighted by atomic mass is 10.3. The van der Waals surface area contributed by atoms with Crippen LogP contribution in [0, 0.1) is 0 Å². The second kappa shape index (κ2) is 6.14. The van der Waals surface area contributed by atoms with Gasteiger partial charge in [-0.15, -0.1) is 0 Å². The van der Waals surface area contributed by atoms with Gasteiger partial charge in [0.15, 0.2) is 17.3 Å². The van der Waals surface area contributed by atoms with Gasteiger partial charge in [-0.05, 0) is 32.0 Å². The second-order valence-electron chi connectivity index (χ2n) is 4.50. The van der Waals surface area contributed by atoms with Gasteiger partial charge in [-0.1, -0.05) is 12.1 Å². The van der Waals surface area contributed by atoms with Gasteiger partial charge in [-0.2, -0.15) is 0 Å². The summed E-state index contributed by atoms with van der Waals surface area (Å²) in [4.78, 5) is 11.8. The van der Waals surface area contributed by atoms with E-state index in [2.05, 4.69) is 5.32 Å². The molecule has 106 valence electrons. The van der Waals surface area contributed by atoms with Crippen LogP contribution in [-0.4, -0.2) is 19.1 Å². The van der Waals surface area contributed by atoms with Gasteiger partial charge in [0, 0.05) is 12.1 Å². The number of para-hydroxylation sites is 2. The van der Waals surface area contributed by atoms with Crippen molar-refractivity contribution < 1.29 is 18.7 Å². The molecule has 0 aliphatic rings. The van der Waals surface area contributed by atoms with Crippen molar-refractivity contribution >= 4 is 5.91 Å². The van der Waals surface area contributed by atoms with Gasteiger partial charge in [0.1, 0.15) is 0 Å². The zero-order chi connectivity index (χ0) is 14.5. The van der Waals surface area contributed by atoms with E-state index in [4.69, 9.17) is 13.9 Å². The summed E-state index contributed by atoms with van der Waals surface area (Å²) in [7, 11) is 1.56. The molecule has 0 fully saturated rings. The maximum atomic E-state index is 11.8. The van der Waals surface area contributed by atoms with Gasteiger partial charge in [-0.3, -0.25) is 4.79 Å². The van der Waals surface area contributed by atoms with E-state index < -0.39 is 0 Å². The topological polar surface area (TPSA) is 60.7 Å². The van der Waals surface area contributed by atoms with Crippen LogP contribution < -0.4 is 14.8 Å². The average molecular weight is 275 g/mol. The summed E-state index contributed by atoms with van der Waals surface area (Å²) in [6.45, 7) is 3.76. The Morgan fingerprint density at radius 2 is 1.85 bits per heavy atom. The largest absolute Gasteiger partial charge is 0.493 e. The number of benzene rings is 1. The highest BCUT2D eigenvalue weighted by molar-refractivity contribution is 5.91. The Labute approximate surface area is 117 Å². The number of methoxy groups -OCH3 is 1. The minimum absolute atomic E-state index is 0.0474. The molecule has 0 atom stereocenters. The molecular formula is C15H17NO4. The molecule has 0 bridgehead atoms. The van der Waals surface area contributed by atoms with Crippen molar-refractivity contribution in [3.63, 3.8) is 0 Å². The summed E-state index contributed by atoms with van der Waals surface area (Å²) in [5, 5.41) is 2.75. The third-order valence-electron chi connectivity index (χ3n) is 2.50. The maximum Gasteiger partial charge on any atom is 0.290 e. The predicted octanol–water partition coefficient (Wildman–Crippen LogP) is 3.22. The predicted molar refractivity (Wildman–Crippen MR) is 74.4 cm³/mol. The Morgan fingerprint density at radius 1 is 1.15 bits per heavy atom. The van der Waals surface area contributed by atoms with E-state index in [-0.39, 0.29) is 23.7 Å². The molecule has 20 heavy (non-hydrogen) atoms. The molecule has 0 saturated carbocycles. The third kappa shape index (κ3) is 3.32. The molecule has 1 aromatic heterocycles. The van der Waals surface area contributed by atoms with Crippen molar-refractivity contribution in [3.8, 4) is 17.4 Å². The van der Waals surface area contributed by atoms with Crippen LogP contribution in [0.5, 0.6) is 17.4 Å². The van der Waals surface area contributed by atoms with Gasteiger partial charge >= 0.3 is 0 Å². The van der Waals surface area contributed by atoms with Crippen molar-refractivity contribution in [3.05, 3.63) is 42.2 Å². The number of furan rings is 1. The molecular weight excluding hydrogens is 258 g/mol. The molecule has 1 aromatic carbocycles. The van der Waals surface area contributed by atoms with Crippen LogP contribution in [0.2, 0.25) is 0 Å². The number of carbonyl (C=O) groups excluding carboxylic acids is 1. The minimum Gasteiger partial charge on any atom is -0.493 e. The molecule has 0 radical (unpaired) electrons. The average Bonchev–Trinajstić information content (AvgIpc) is 2.87. The van der Waals surface area contributed by atoms with Crippen molar-refractivity contribution in [2.45, 2.75) is 19.9 Å². The molecule has 1 heterocycles. The number of hydrogen-bond donors (Lipinski definition) is 1. The SMILES string of the molecule is COc1ccccc1Oc1ccc(C(=O)NC(C)C)o1. The van der Waals surface area contributed by atoms with Crippen LogP contribution in [0.15, 0.2) is 40.8 Å². The molecule has 0 unspecified atom stereocenters. The number of amides is 1. The van der Waals surface area contributed by atoms with Crippen LogP contribution >= 0.6 is 0 Å². The first-order valence-electron chi connectivity index (χ1n) is 6.31. The molecule has 1 N–H and O–H groups in total. The van der Waals surface area contributed by atoms with Gasteiger partial charge in [0.2, 0.25) is 0 Å². The van der Waals surface area contributed by atoms with Crippen molar-refractivity contribution in [2.75, 3.05) is 7.11 Å². The van der Waals surface area contributed by atoms with Crippen LogP contribution in [0.1, 0.15) is 24.4 Å². The molecule has 1 amide bonds. The van der Waals surface area contributed by atoms with Crippen molar-refractivity contribution in [1.29, 1.82) is 0 Å². The van der Waals surface area contributed by atoms with E-state index in [1.807, 2.05) is 26.0 Å². The van der Waals surface area contributed by atoms with Gasteiger partial charge < -0.3 is 19.2 Å². The smallest absolute Gasteiger partial charge is 0.290 e. The maximum absolute atomic E-state index is 11.8. The van der Waals surface area contributed by atoms with E-state index in [1.54, 1.807) is 31.4 Å². The zero-order valence-corrected chi connectivity index (χ0v) is 11.7. The summed E-state index contributed by atoms with van der Waals surface area (Å²) in [6, 6.07) is 10.4. The second-order valence-corrected chi connectivity index (χ2v) is 4.50. The fourth-order valence-corrected chi connectivity index (χ4v) is 1.64. The first-order chi connectivity index (χ1) is 9.60. The van der Waals surface area contributed by atoms with Gasteiger partial charge in [0.05, 0.1) is 7.11 Å². The minimum atomic E-state index is -0.269. The van der Waals surface area contributed by atoms with E-state index in [0.717, 1.165) is 0 Å². The van der Waals surface area contributed by atoms with Gasteiger partial charge in [-0.25, -0.2) is 0 Å². The Hall–Kier alpha value is -2.43. The first-order valence-corrected chi connectivity index (χ1v) is 6.31. The highest BCUT2D eigenvalue weighted by Crippen LogP contribution is 2.31. The Balaban J connectivity index is 2.11. The quantitative estimate of drug-likeness (QED) is 0.910. The monoisotopic (exact) mass is 275 g/mol. The number of hydrogen-bond acceptors (Lipinski definition) is 4. The lowest BCUT2D eigenvalue weighted by molar-refractivity contribution is 0.0910. The molecule has 2 rings (SSSR count). The normalized spacial score (nSPS) is 10.4. The van der Waals surface area contributed by atoms with Crippen LogP contribution in [0.4, 0.5) is 0 Å². The molecule has 5 nitrogen and oxygen atoms in total. The fourth-order valence-electron chi connectivity index (χ4n) is 1.64. The summed E-state index contributed by atoms with van der Waals surface area (Å²) in [6.07, 6.45) is 0. The molecule has 0 aliphatic heterocycles. The van der Waals surface area contributed by atoms with Gasteiger partial charge in [0.25, 0.3) is 11.9 Å². The number of carbonyl (C=O) groups is 1. The van der Waals surface area contributed by atoms with Crippen LogP contribution in [0.25, 0.3) is 0 Å². The van der Waals surface area contributed by atoms with Crippen LogP contribution in [0.3, 0.4) is 0 Å². The van der Waals surface area contributed by atoms with Crippen LogP contribution in [-0.2, 0) is 0 Å². The molecule has 0 saturated heterocycles. The van der Waals surface area contributed by atoms with E-state index in [9.17, 15) is 4.79 Å². The highest BCUT2D eigenvalue weighted by Gasteiger charge is 2.14. The summed E-state index contributed by atoms with van der Waals surface area (Å²) < 4.78 is 16.1. The summed E-state index contributed by atoms with van der Waals surface area (Å²) in [5.74, 6) is 1.30. The molecule has 5 heteroatoms. The Morgan fingerprint density at radius 3 is 2.50 bits per heavy atom. The molecule has 0 aliphatic carbocycles. The molecule has 0 spiro atoms. The van der Waals surface area contributed by atoms with Crippen molar-refractivity contribution in [1.82, 2.24) is 5.32 Å². The highest BCUT2D eigenvalue weighted by atomic mass is 16.6. The fraction of sp³-hybridized carbons (Fsp3) is 0.267. The van der Waals surface area contributed by atoms with E-state index >= 15 is 0 Å². The molecule has 2 aromatic rings. The standard InChI is InChI=1S/C15H17NO4/c1-10(2)16-15(17)13-8-9-14(20-13)19-12-7-5-4-6-11(12)18-3/h4-10H,1-3H3,(H,16,17). The van der Waals surface area contributed by atoms with Crippen molar-refractivity contribution in [2.24, 2.45) is 0 Å². The summed E-state index contributed by atoms with van der Waals surface area (Å²) >= 11 is 0. The lowest BCUT2D eigenvalue weighted by Crippen LogP contribution is -2.29. The first kappa shape index (κ1) is 14.0. The van der Waals surface area contributed by atoms with E-state index in [0.29, 0.717) is 11.5 Å². The number of ether oxygens (including phenoxy) is 2. The summed E-state index contributed by atoms with van der Waals surface area (Å²) in [5.41, 5.74) is 0. The zero-order valence-electron chi connectivity index (χ0n) is 11.7. The third-order valence-corrected chi connectivity index (χ3v) is 2.50. The number of nitrogens with one attached hydrogen (secondary N) is 1. The Bertz CT molecular complexity index is 589. The lowest BCUT2D eigenvalue weighted by Gasteiger charge is -2.07. The number of rotatable bonds is 5.